The number of carbonyl (C=O) groups is 1. The third-order valence-electron chi connectivity index (χ3n) is 4.69. The Kier molecular flexibility index (Phi) is 5.14. The second-order valence-corrected chi connectivity index (χ2v) is 7.21. The number of hydrogen-bond donors (Lipinski definition) is 1. The summed E-state index contributed by atoms with van der Waals surface area (Å²) < 4.78 is 5.96. The molecular weight excluding hydrogens is 380 g/mol. The number of pyridine rings is 1. The number of carbonyl (C=O) groups excluding carboxylic acids is 1. The van der Waals surface area contributed by atoms with E-state index in [-0.39, 0.29) is 5.91 Å². The van der Waals surface area contributed by atoms with E-state index in [1.54, 1.807) is 37.3 Å². The van der Waals surface area contributed by atoms with Gasteiger partial charge in [0.1, 0.15) is 11.4 Å². The molecule has 0 radical (unpaired) electrons. The van der Waals surface area contributed by atoms with Gasteiger partial charge < -0.3 is 9.64 Å². The van der Waals surface area contributed by atoms with Gasteiger partial charge in [0.2, 0.25) is 6.23 Å². The van der Waals surface area contributed by atoms with Gasteiger partial charge in [-0.3, -0.25) is 15.2 Å². The van der Waals surface area contributed by atoms with E-state index in [0.29, 0.717) is 28.5 Å². The molecule has 1 aromatic carbocycles. The number of ether oxygens (including phenoxy) is 1. The van der Waals surface area contributed by atoms with Crippen molar-refractivity contribution in [3.05, 3.63) is 77.0 Å². The number of hydrogen-bond acceptors (Lipinski definition) is 7. The summed E-state index contributed by atoms with van der Waals surface area (Å²) in [7, 11) is 3.45. The molecule has 0 bridgehead atoms. The maximum atomic E-state index is 12.1. The van der Waals surface area contributed by atoms with Crippen molar-refractivity contribution in [3.8, 4) is 11.3 Å². The molecule has 0 fully saturated rings. The first-order chi connectivity index (χ1) is 14.4. The number of nitrogens with one attached hydrogen (secondary N) is 1. The molecule has 1 aliphatic heterocycles. The van der Waals surface area contributed by atoms with Crippen LogP contribution in [0.3, 0.4) is 0 Å². The molecule has 2 aromatic heterocycles. The molecule has 0 spiro atoms. The number of aryl methyl sites for hydroxylation is 2. The second kappa shape index (κ2) is 7.90. The highest BCUT2D eigenvalue weighted by Crippen LogP contribution is 2.25. The zero-order valence-electron chi connectivity index (χ0n) is 17.2. The van der Waals surface area contributed by atoms with Gasteiger partial charge in [-0.1, -0.05) is 18.2 Å². The van der Waals surface area contributed by atoms with E-state index in [1.165, 1.54) is 0 Å². The lowest BCUT2D eigenvalue weighted by Crippen LogP contribution is -2.21. The normalized spacial score (nSPS) is 15.2. The highest BCUT2D eigenvalue weighted by Gasteiger charge is 2.27. The fourth-order valence-electron chi connectivity index (χ4n) is 3.07. The number of nitrogens with zero attached hydrogens (tertiary/aromatic N) is 5. The van der Waals surface area contributed by atoms with Gasteiger partial charge in [0.05, 0.1) is 17.6 Å². The van der Waals surface area contributed by atoms with Gasteiger partial charge >= 0.3 is 0 Å². The second-order valence-electron chi connectivity index (χ2n) is 7.21. The van der Waals surface area contributed by atoms with Crippen molar-refractivity contribution in [2.24, 2.45) is 5.10 Å². The molecule has 1 aliphatic rings. The average molecular weight is 402 g/mol. The zero-order chi connectivity index (χ0) is 21.3. The standard InChI is InChI=1S/C22H22N6O2/c1-13-6-5-7-17(24-13)20-26-27-21(30-20)19-14(2)23-12-18(25-19)15-8-10-16(11-9-15)22(29)28(3)4/h5-12,21,27H,1-4H3. The first kappa shape index (κ1) is 19.5. The maximum absolute atomic E-state index is 12.1. The monoisotopic (exact) mass is 402 g/mol. The molecule has 0 saturated heterocycles. The molecule has 30 heavy (non-hydrogen) atoms. The molecule has 8 heteroatoms. The predicted octanol–water partition coefficient (Wildman–Crippen LogP) is 2.84. The molecule has 8 nitrogen and oxygen atoms in total. The quantitative estimate of drug-likeness (QED) is 0.721. The van der Waals surface area contributed by atoms with E-state index in [4.69, 9.17) is 9.72 Å². The molecule has 1 N–H and O–H groups in total. The lowest BCUT2D eigenvalue weighted by atomic mass is 10.1. The van der Waals surface area contributed by atoms with Crippen LogP contribution in [0.25, 0.3) is 11.3 Å². The lowest BCUT2D eigenvalue weighted by molar-refractivity contribution is 0.0827. The number of hydrazone groups is 1. The van der Waals surface area contributed by atoms with E-state index in [1.807, 2.05) is 44.2 Å². The summed E-state index contributed by atoms with van der Waals surface area (Å²) in [4.78, 5) is 27.3. The Labute approximate surface area is 174 Å². The van der Waals surface area contributed by atoms with Crippen molar-refractivity contribution in [1.29, 1.82) is 0 Å². The minimum atomic E-state index is -0.552. The zero-order valence-corrected chi connectivity index (χ0v) is 17.2. The van der Waals surface area contributed by atoms with Gasteiger partial charge in [-0.25, -0.2) is 9.97 Å². The van der Waals surface area contributed by atoms with Crippen molar-refractivity contribution in [2.75, 3.05) is 14.1 Å². The summed E-state index contributed by atoms with van der Waals surface area (Å²) in [5, 5.41) is 4.27. The first-order valence-corrected chi connectivity index (χ1v) is 9.52. The Morgan fingerprint density at radius 1 is 1.03 bits per heavy atom. The van der Waals surface area contributed by atoms with Crippen LogP contribution in [-0.2, 0) is 4.74 Å². The summed E-state index contributed by atoms with van der Waals surface area (Å²) in [6, 6.07) is 13.0. The fourth-order valence-corrected chi connectivity index (χ4v) is 3.07. The number of rotatable bonds is 4. The summed E-state index contributed by atoms with van der Waals surface area (Å²) in [5.41, 5.74) is 8.07. The predicted molar refractivity (Wildman–Crippen MR) is 113 cm³/mol. The Hall–Kier alpha value is -3.81. The van der Waals surface area contributed by atoms with Crippen molar-refractivity contribution in [1.82, 2.24) is 25.3 Å². The minimum absolute atomic E-state index is 0.0461. The van der Waals surface area contributed by atoms with E-state index < -0.39 is 6.23 Å². The van der Waals surface area contributed by atoms with Gasteiger partial charge in [-0.2, -0.15) is 0 Å². The fraction of sp³-hybridized carbons (Fsp3) is 0.227. The van der Waals surface area contributed by atoms with Crippen LogP contribution in [0.5, 0.6) is 0 Å². The van der Waals surface area contributed by atoms with Crippen molar-refractivity contribution in [3.63, 3.8) is 0 Å². The molecule has 0 saturated carbocycles. The van der Waals surface area contributed by atoms with Crippen molar-refractivity contribution < 1.29 is 9.53 Å². The SMILES string of the molecule is Cc1cccc(C2=NNC(c3nc(-c4ccc(C(=O)N(C)C)cc4)cnc3C)O2)n1. The smallest absolute Gasteiger partial charge is 0.259 e. The molecule has 3 heterocycles. The third-order valence-corrected chi connectivity index (χ3v) is 4.69. The maximum Gasteiger partial charge on any atom is 0.259 e. The molecule has 1 unspecified atom stereocenters. The van der Waals surface area contributed by atoms with Crippen LogP contribution in [0.15, 0.2) is 53.8 Å². The first-order valence-electron chi connectivity index (χ1n) is 9.52. The van der Waals surface area contributed by atoms with E-state index in [2.05, 4.69) is 20.5 Å². The molecule has 1 atom stereocenters. The number of benzene rings is 1. The summed E-state index contributed by atoms with van der Waals surface area (Å²) in [6.45, 7) is 3.79. The molecule has 0 aliphatic carbocycles. The molecule has 4 rings (SSSR count). The molecule has 3 aromatic rings. The van der Waals surface area contributed by atoms with Gasteiger partial charge in [0, 0.05) is 30.9 Å². The number of aromatic nitrogens is 3. The van der Waals surface area contributed by atoms with Crippen LogP contribution in [0.4, 0.5) is 0 Å². The van der Waals surface area contributed by atoms with Gasteiger partial charge in [0.15, 0.2) is 0 Å². The topological polar surface area (TPSA) is 92.6 Å². The van der Waals surface area contributed by atoms with Crippen LogP contribution < -0.4 is 5.43 Å². The van der Waals surface area contributed by atoms with Crippen LogP contribution in [0, 0.1) is 13.8 Å². The highest BCUT2D eigenvalue weighted by molar-refractivity contribution is 5.94. The molecular formula is C22H22N6O2. The Bertz CT molecular complexity index is 1120. The lowest BCUT2D eigenvalue weighted by Gasteiger charge is -2.14. The van der Waals surface area contributed by atoms with Crippen LogP contribution >= 0.6 is 0 Å². The molecule has 152 valence electrons. The highest BCUT2D eigenvalue weighted by atomic mass is 16.5. The van der Waals surface area contributed by atoms with Gasteiger partial charge in [0.25, 0.3) is 11.8 Å². The summed E-state index contributed by atoms with van der Waals surface area (Å²) in [6.07, 6.45) is 1.16. The van der Waals surface area contributed by atoms with Crippen LogP contribution in [0.1, 0.15) is 39.4 Å². The Morgan fingerprint density at radius 3 is 2.50 bits per heavy atom. The van der Waals surface area contributed by atoms with Gasteiger partial charge in [-0.05, 0) is 38.1 Å². The third kappa shape index (κ3) is 3.84. The minimum Gasteiger partial charge on any atom is -0.444 e. The number of amides is 1. The van der Waals surface area contributed by atoms with E-state index in [0.717, 1.165) is 17.0 Å². The largest absolute Gasteiger partial charge is 0.444 e. The summed E-state index contributed by atoms with van der Waals surface area (Å²) in [5.74, 6) is 0.372. The van der Waals surface area contributed by atoms with Crippen molar-refractivity contribution >= 4 is 11.8 Å². The average Bonchev–Trinajstić information content (AvgIpc) is 3.24. The van der Waals surface area contributed by atoms with Gasteiger partial charge in [-0.15, -0.1) is 5.10 Å². The van der Waals surface area contributed by atoms with Crippen LogP contribution in [-0.4, -0.2) is 45.8 Å². The van der Waals surface area contributed by atoms with E-state index >= 15 is 0 Å². The molecule has 1 amide bonds. The Morgan fingerprint density at radius 2 is 1.80 bits per heavy atom. The van der Waals surface area contributed by atoms with E-state index in [9.17, 15) is 4.79 Å². The van der Waals surface area contributed by atoms with Crippen LogP contribution in [0.2, 0.25) is 0 Å². The Balaban J connectivity index is 1.57. The van der Waals surface area contributed by atoms with Crippen molar-refractivity contribution in [2.45, 2.75) is 20.1 Å². The summed E-state index contributed by atoms with van der Waals surface area (Å²) >= 11 is 0.